The number of rotatable bonds is 39. The molecule has 6 fully saturated rings. The normalized spacial score (nSPS) is 30.9. The van der Waals surface area contributed by atoms with E-state index in [4.69, 9.17) is 0 Å². The monoisotopic (exact) mass is 1530 g/mol. The van der Waals surface area contributed by atoms with E-state index in [9.17, 15) is 0 Å². The lowest BCUT2D eigenvalue weighted by Crippen LogP contribution is -2.28. The molecule has 0 saturated heterocycles. The van der Waals surface area contributed by atoms with Gasteiger partial charge in [-0.2, -0.15) is 73.2 Å². The van der Waals surface area contributed by atoms with Crippen molar-refractivity contribution < 1.29 is 0 Å². The van der Waals surface area contributed by atoms with Gasteiger partial charge < -0.3 is 0 Å². The Balaban J connectivity index is 0.000000671. The van der Waals surface area contributed by atoms with Crippen LogP contribution in [0.5, 0.6) is 0 Å². The number of hydrogen-bond donors (Lipinski definition) is 3. The maximum Gasteiger partial charge on any atom is -0.00648 e. The second kappa shape index (κ2) is 49.7. The molecule has 0 radical (unpaired) electrons. The summed E-state index contributed by atoms with van der Waals surface area (Å²) >= 11 is 20.2. The predicted octanol–water partition coefficient (Wildman–Crippen LogP) is 32.2. The summed E-state index contributed by atoms with van der Waals surface area (Å²) in [6.07, 6.45) is 62.5. The molecule has 18 unspecified atom stereocenters. The highest BCUT2D eigenvalue weighted by Gasteiger charge is 2.37. The molecule has 0 aromatic rings. The van der Waals surface area contributed by atoms with Crippen LogP contribution in [0.1, 0.15) is 375 Å². The lowest BCUT2D eigenvalue weighted by atomic mass is 9.67. The smallest absolute Gasteiger partial charge is 0.00648 e. The molecule has 600 valence electrons. The molecule has 6 heteroatoms. The summed E-state index contributed by atoms with van der Waals surface area (Å²) < 4.78 is 0. The van der Waals surface area contributed by atoms with Crippen molar-refractivity contribution in [2.75, 3.05) is 51.8 Å². The van der Waals surface area contributed by atoms with Gasteiger partial charge in [0, 0.05) is 0 Å². The minimum Gasteiger partial charge on any atom is -0.179 e. The lowest BCUT2D eigenvalue weighted by molar-refractivity contribution is 0.131. The van der Waals surface area contributed by atoms with Crippen LogP contribution >= 0.6 is 73.2 Å². The average molecular weight is 1530 g/mol. The summed E-state index contributed by atoms with van der Waals surface area (Å²) in [4.78, 5) is 0. The van der Waals surface area contributed by atoms with Crippen LogP contribution in [0.2, 0.25) is 0 Å². The fourth-order valence-electron chi connectivity index (χ4n) is 20.1. The van der Waals surface area contributed by atoms with Gasteiger partial charge >= 0.3 is 0 Å². The largest absolute Gasteiger partial charge is 0.179 e. The highest BCUT2D eigenvalue weighted by atomic mass is 32.2. The van der Waals surface area contributed by atoms with Crippen molar-refractivity contribution in [2.24, 2.45) is 139 Å². The van der Waals surface area contributed by atoms with Crippen LogP contribution in [0.15, 0.2) is 38.0 Å². The van der Waals surface area contributed by atoms with Gasteiger partial charge in [-0.1, -0.05) is 175 Å². The van der Waals surface area contributed by atoms with E-state index in [0.29, 0.717) is 50.2 Å². The van der Waals surface area contributed by atoms with Gasteiger partial charge in [-0.05, 0) is 409 Å². The van der Waals surface area contributed by atoms with Crippen LogP contribution in [0.4, 0.5) is 0 Å². The zero-order valence-electron chi connectivity index (χ0n) is 71.8. The quantitative estimate of drug-likeness (QED) is 0.0319. The molecule has 18 atom stereocenters. The third-order valence-electron chi connectivity index (χ3n) is 27.3. The van der Waals surface area contributed by atoms with E-state index in [0.717, 1.165) is 106 Å². The van der Waals surface area contributed by atoms with Crippen molar-refractivity contribution in [3.05, 3.63) is 38.0 Å². The number of thiol groups is 3. The molecule has 6 aliphatic rings. The van der Waals surface area contributed by atoms with Crippen LogP contribution in [0, 0.1) is 139 Å². The third-order valence-corrected chi connectivity index (χ3v) is 31.2. The molecule has 0 amide bonds. The Morgan fingerprint density at radius 3 is 0.804 bits per heavy atom. The zero-order valence-corrected chi connectivity index (χ0v) is 76.9. The molecule has 0 aromatic carbocycles. The Hall–Kier alpha value is 1.32. The molecule has 6 aliphatic carbocycles. The van der Waals surface area contributed by atoms with Crippen molar-refractivity contribution >= 4 is 73.2 Å². The number of hydrogen-bond acceptors (Lipinski definition) is 6. The zero-order chi connectivity index (χ0) is 75.6. The minimum atomic E-state index is 0.460. The first-order valence-corrected chi connectivity index (χ1v) is 49.8. The summed E-state index contributed by atoms with van der Waals surface area (Å²) in [6, 6.07) is 0. The number of thioether (sulfide) groups is 3. The van der Waals surface area contributed by atoms with E-state index in [1.165, 1.54) is 285 Å². The molecule has 0 N–H and O–H groups in total. The molecule has 0 spiro atoms. The molecule has 102 heavy (non-hydrogen) atoms. The van der Waals surface area contributed by atoms with Crippen LogP contribution in [0.25, 0.3) is 0 Å². The molecule has 6 saturated carbocycles. The highest BCUT2D eigenvalue weighted by molar-refractivity contribution is 7.99. The first kappa shape index (κ1) is 95.7. The van der Waals surface area contributed by atoms with E-state index >= 15 is 0 Å². The fraction of sp³-hybridized carbons (Fsp3) is 0.938. The molecule has 0 heterocycles. The van der Waals surface area contributed by atoms with Gasteiger partial charge in [-0.3, -0.25) is 0 Å². The van der Waals surface area contributed by atoms with Gasteiger partial charge in [0.1, 0.15) is 0 Å². The summed E-state index contributed by atoms with van der Waals surface area (Å²) in [5.74, 6) is 28.2. The van der Waals surface area contributed by atoms with Crippen molar-refractivity contribution in [3.63, 3.8) is 0 Å². The third kappa shape index (κ3) is 42.8. The van der Waals surface area contributed by atoms with Crippen molar-refractivity contribution in [2.45, 2.75) is 375 Å². The average Bonchev–Trinajstić information content (AvgIpc) is 0.884. The molecule has 0 nitrogen and oxygen atoms in total. The lowest BCUT2D eigenvalue weighted by Gasteiger charge is -2.39. The second-order valence-corrected chi connectivity index (χ2v) is 48.3. The predicted molar refractivity (Wildman–Crippen MR) is 484 cm³/mol. The first-order valence-electron chi connectivity index (χ1n) is 44.4. The maximum absolute atomic E-state index is 4.39. The Bertz CT molecular complexity index is 2140. The maximum atomic E-state index is 4.39. The van der Waals surface area contributed by atoms with Gasteiger partial charge in [0.15, 0.2) is 0 Å². The van der Waals surface area contributed by atoms with Gasteiger partial charge in [-0.15, -0.1) is 19.7 Å². The molecule has 6 rings (SSSR count). The van der Waals surface area contributed by atoms with Crippen LogP contribution < -0.4 is 0 Å². The van der Waals surface area contributed by atoms with Crippen LogP contribution in [-0.4, -0.2) is 51.8 Å². The molecular formula is C96H180S6. The molecular weight excluding hydrogens is 1350 g/mol. The SMILES string of the molecule is C=CC1CCC(C=C)C(C=C)C1.CC(C)(C)CCC1CCC(CCSCCC2CCC(CCSCCC3CCC(CCC(C)(C)C)C(CCSCCC4CCC(CCC(C)(C)C)C(CCC(C)(C)C)C4)C3)C(CCC(C)(C)C)C2)C(CCC(C)(C)C)C1.SCCC1CCC(CCS)C(CCS)C1. The summed E-state index contributed by atoms with van der Waals surface area (Å²) in [6.45, 7) is 56.0. The summed E-state index contributed by atoms with van der Waals surface area (Å²) in [5, 5.41) is 0. The standard InChI is InChI=1S/C72H138S3.C12H24S3.C12H18/c1-67(2,3)39-27-55-19-25-61(64(51-55)31-43-71(13,14)15)36-48-73-45-33-57-22-26-62(65(53-57)32-44-72(16,17)18)37-49-74-46-35-58-21-24-60(29-41-69(7,8)9)66(54-58)38-50-75-47-34-56-20-23-59(28-40-68(4,5)6)63(52-56)30-42-70(10,11)12;13-6-3-10-1-2-11(4-7-14)12(9-10)5-8-15;1-4-10-7-8-11(5-2)12(6-3)9-10/h55-66H,19-54H2,1-18H3;10-15H,1-9H2;4-6,10-12H,1-3,7-9H2. The Morgan fingerprint density at radius 2 is 0.490 bits per heavy atom. The number of allylic oxidation sites excluding steroid dienone is 3. The van der Waals surface area contributed by atoms with E-state index < -0.39 is 0 Å². The second-order valence-electron chi connectivity index (χ2n) is 43.3. The molecule has 0 bridgehead atoms. The minimum absolute atomic E-state index is 0.460. The van der Waals surface area contributed by atoms with E-state index in [1.807, 2.05) is 0 Å². The van der Waals surface area contributed by atoms with Crippen LogP contribution in [-0.2, 0) is 0 Å². The molecule has 0 aliphatic heterocycles. The van der Waals surface area contributed by atoms with E-state index in [-0.39, 0.29) is 0 Å². The topological polar surface area (TPSA) is 0 Å². The van der Waals surface area contributed by atoms with Gasteiger partial charge in [0.05, 0.1) is 0 Å². The van der Waals surface area contributed by atoms with E-state index in [1.54, 1.807) is 0 Å². The van der Waals surface area contributed by atoms with Gasteiger partial charge in [0.2, 0.25) is 0 Å². The summed E-state index contributed by atoms with van der Waals surface area (Å²) in [7, 11) is 0. The van der Waals surface area contributed by atoms with Gasteiger partial charge in [-0.25, -0.2) is 0 Å². The van der Waals surface area contributed by atoms with Crippen LogP contribution in [0.3, 0.4) is 0 Å². The molecule has 0 aromatic heterocycles. The van der Waals surface area contributed by atoms with Gasteiger partial charge in [0.25, 0.3) is 0 Å². The van der Waals surface area contributed by atoms with E-state index in [2.05, 4.69) is 236 Å². The fourth-order valence-corrected chi connectivity index (χ4v) is 24.7. The Labute approximate surface area is 671 Å². The Kier molecular flexibility index (Phi) is 46.7. The van der Waals surface area contributed by atoms with Crippen molar-refractivity contribution in [1.29, 1.82) is 0 Å². The highest BCUT2D eigenvalue weighted by Crippen LogP contribution is 2.49. The Morgan fingerprint density at radius 1 is 0.245 bits per heavy atom. The summed E-state index contributed by atoms with van der Waals surface area (Å²) in [5.41, 5.74) is 2.82. The van der Waals surface area contributed by atoms with Crippen molar-refractivity contribution in [1.82, 2.24) is 0 Å². The van der Waals surface area contributed by atoms with Crippen molar-refractivity contribution in [3.8, 4) is 0 Å². The first-order chi connectivity index (χ1) is 48.0.